The molecule has 0 radical (unpaired) electrons. The van der Waals surface area contributed by atoms with Crippen molar-refractivity contribution in [3.63, 3.8) is 0 Å². The van der Waals surface area contributed by atoms with E-state index in [4.69, 9.17) is 0 Å². The number of nitrogens with zero attached hydrogens (tertiary/aromatic N) is 2. The van der Waals surface area contributed by atoms with Crippen molar-refractivity contribution in [2.75, 3.05) is 6.54 Å². The van der Waals surface area contributed by atoms with E-state index in [1.165, 1.54) is 13.2 Å². The van der Waals surface area contributed by atoms with Gasteiger partial charge in [0.2, 0.25) is 0 Å². The summed E-state index contributed by atoms with van der Waals surface area (Å²) in [6, 6.07) is 0. The van der Waals surface area contributed by atoms with E-state index in [1.807, 2.05) is 0 Å². The summed E-state index contributed by atoms with van der Waals surface area (Å²) in [4.78, 5) is 10.5. The lowest BCUT2D eigenvalue weighted by molar-refractivity contribution is 0.112. The minimum atomic E-state index is -3.62. The Labute approximate surface area is 82.0 Å². The molecular formula is C7H11N3O3S. The molecule has 0 saturated carbocycles. The van der Waals surface area contributed by atoms with Crippen LogP contribution in [0.2, 0.25) is 0 Å². The predicted octanol–water partition coefficient (Wildman–Crippen LogP) is -0.469. The van der Waals surface area contributed by atoms with Crippen LogP contribution in [-0.2, 0) is 17.1 Å². The number of aromatic nitrogens is 2. The number of carbonyl (C=O) groups is 1. The minimum absolute atomic E-state index is 0.0634. The van der Waals surface area contributed by atoms with E-state index >= 15 is 0 Å². The van der Waals surface area contributed by atoms with Gasteiger partial charge in [0.05, 0.1) is 11.8 Å². The van der Waals surface area contributed by atoms with E-state index in [0.29, 0.717) is 6.29 Å². The van der Waals surface area contributed by atoms with E-state index in [0.717, 1.165) is 4.68 Å². The first kappa shape index (κ1) is 10.9. The molecule has 1 heterocycles. The Morgan fingerprint density at radius 3 is 2.79 bits per heavy atom. The third kappa shape index (κ3) is 1.83. The molecule has 14 heavy (non-hydrogen) atoms. The monoisotopic (exact) mass is 217 g/mol. The molecule has 1 aromatic heterocycles. The molecule has 0 fully saturated rings. The summed E-state index contributed by atoms with van der Waals surface area (Å²) in [5.74, 6) is 0. The molecule has 1 rings (SSSR count). The number of carbonyl (C=O) groups excluding carboxylic acids is 1. The summed E-state index contributed by atoms with van der Waals surface area (Å²) in [6.45, 7) is 1.93. The average molecular weight is 217 g/mol. The van der Waals surface area contributed by atoms with Gasteiger partial charge >= 0.3 is 0 Å². The lowest BCUT2D eigenvalue weighted by Gasteiger charge is -2.04. The first-order valence-electron chi connectivity index (χ1n) is 3.99. The van der Waals surface area contributed by atoms with Crippen molar-refractivity contribution in [3.05, 3.63) is 11.8 Å². The molecule has 0 aliphatic carbocycles. The zero-order valence-electron chi connectivity index (χ0n) is 7.89. The van der Waals surface area contributed by atoms with Crippen LogP contribution < -0.4 is 4.72 Å². The number of aryl methyl sites for hydroxylation is 1. The fourth-order valence-corrected chi connectivity index (χ4v) is 2.43. The van der Waals surface area contributed by atoms with Crippen molar-refractivity contribution >= 4 is 16.3 Å². The van der Waals surface area contributed by atoms with Gasteiger partial charge in [0.1, 0.15) is 0 Å². The number of hydrogen-bond donors (Lipinski definition) is 1. The van der Waals surface area contributed by atoms with E-state index < -0.39 is 10.0 Å². The normalized spacial score (nSPS) is 11.6. The van der Waals surface area contributed by atoms with Crippen LogP contribution in [0.1, 0.15) is 17.3 Å². The summed E-state index contributed by atoms with van der Waals surface area (Å²) in [5.41, 5.74) is 0.0634. The number of hydrogen-bond acceptors (Lipinski definition) is 4. The fourth-order valence-electron chi connectivity index (χ4n) is 1.11. The molecule has 0 aromatic carbocycles. The predicted molar refractivity (Wildman–Crippen MR) is 49.5 cm³/mol. The minimum Gasteiger partial charge on any atom is -0.298 e. The highest BCUT2D eigenvalue weighted by molar-refractivity contribution is 7.89. The number of nitrogens with one attached hydrogen (secondary N) is 1. The first-order valence-corrected chi connectivity index (χ1v) is 5.48. The molecule has 1 N–H and O–H groups in total. The molecule has 0 unspecified atom stereocenters. The standard InChI is InChI=1S/C7H11N3O3S/c1-3-9-14(12,13)7-6(5-11)4-8-10(7)2/h4-5,9H,3H2,1-2H3. The molecule has 0 atom stereocenters. The van der Waals surface area contributed by atoms with Gasteiger partial charge in [-0.05, 0) is 0 Å². The van der Waals surface area contributed by atoms with Crippen LogP contribution in [-0.4, -0.2) is 31.0 Å². The molecule has 0 aliphatic rings. The maximum absolute atomic E-state index is 11.6. The number of aldehydes is 1. The van der Waals surface area contributed by atoms with Gasteiger partial charge in [0, 0.05) is 13.6 Å². The Morgan fingerprint density at radius 1 is 1.64 bits per heavy atom. The van der Waals surface area contributed by atoms with Crippen LogP contribution in [0.3, 0.4) is 0 Å². The third-order valence-electron chi connectivity index (χ3n) is 1.63. The molecule has 0 saturated heterocycles. The molecule has 0 spiro atoms. The second-order valence-corrected chi connectivity index (χ2v) is 4.33. The highest BCUT2D eigenvalue weighted by Gasteiger charge is 2.21. The molecule has 6 nitrogen and oxygen atoms in total. The van der Waals surface area contributed by atoms with Crippen LogP contribution in [0.4, 0.5) is 0 Å². The van der Waals surface area contributed by atoms with Crippen LogP contribution in [0.5, 0.6) is 0 Å². The van der Waals surface area contributed by atoms with E-state index in [-0.39, 0.29) is 17.1 Å². The molecule has 0 aliphatic heterocycles. The number of rotatable bonds is 4. The first-order chi connectivity index (χ1) is 6.53. The summed E-state index contributed by atoms with van der Waals surface area (Å²) >= 11 is 0. The van der Waals surface area contributed by atoms with Crippen molar-refractivity contribution in [3.8, 4) is 0 Å². The smallest absolute Gasteiger partial charge is 0.258 e. The highest BCUT2D eigenvalue weighted by Crippen LogP contribution is 2.11. The molecule has 78 valence electrons. The van der Waals surface area contributed by atoms with E-state index in [2.05, 4.69) is 9.82 Å². The third-order valence-corrected chi connectivity index (χ3v) is 3.30. The van der Waals surface area contributed by atoms with Gasteiger partial charge in [-0.15, -0.1) is 0 Å². The summed E-state index contributed by atoms with van der Waals surface area (Å²) in [5, 5.41) is 3.60. The Kier molecular flexibility index (Phi) is 3.02. The van der Waals surface area contributed by atoms with Gasteiger partial charge in [-0.3, -0.25) is 9.48 Å². The van der Waals surface area contributed by atoms with Crippen molar-refractivity contribution in [1.82, 2.24) is 14.5 Å². The van der Waals surface area contributed by atoms with Crippen molar-refractivity contribution < 1.29 is 13.2 Å². The Bertz CT molecular complexity index is 435. The zero-order valence-corrected chi connectivity index (χ0v) is 8.71. The summed E-state index contributed by atoms with van der Waals surface area (Å²) in [6.07, 6.45) is 1.69. The lowest BCUT2D eigenvalue weighted by atomic mass is 10.4. The molecular weight excluding hydrogens is 206 g/mol. The Hall–Kier alpha value is -1.21. The quantitative estimate of drug-likeness (QED) is 0.691. The molecule has 0 amide bonds. The van der Waals surface area contributed by atoms with Gasteiger partial charge < -0.3 is 0 Å². The molecule has 1 aromatic rings. The van der Waals surface area contributed by atoms with Gasteiger partial charge in [-0.25, -0.2) is 13.1 Å². The Balaban J connectivity index is 3.30. The van der Waals surface area contributed by atoms with Gasteiger partial charge in [0.15, 0.2) is 11.3 Å². The Morgan fingerprint density at radius 2 is 2.29 bits per heavy atom. The van der Waals surface area contributed by atoms with Crippen LogP contribution in [0.15, 0.2) is 11.2 Å². The summed E-state index contributed by atoms with van der Waals surface area (Å²) in [7, 11) is -2.15. The fraction of sp³-hybridized carbons (Fsp3) is 0.429. The second kappa shape index (κ2) is 3.89. The van der Waals surface area contributed by atoms with E-state index in [9.17, 15) is 13.2 Å². The highest BCUT2D eigenvalue weighted by atomic mass is 32.2. The second-order valence-electron chi connectivity index (χ2n) is 2.65. The van der Waals surface area contributed by atoms with Crippen molar-refractivity contribution in [1.29, 1.82) is 0 Å². The largest absolute Gasteiger partial charge is 0.298 e. The molecule has 7 heteroatoms. The maximum Gasteiger partial charge on any atom is 0.258 e. The van der Waals surface area contributed by atoms with Gasteiger partial charge in [-0.1, -0.05) is 6.92 Å². The summed E-state index contributed by atoms with van der Waals surface area (Å²) < 4.78 is 26.6. The van der Waals surface area contributed by atoms with Crippen LogP contribution in [0.25, 0.3) is 0 Å². The van der Waals surface area contributed by atoms with Crippen molar-refractivity contribution in [2.24, 2.45) is 7.05 Å². The maximum atomic E-state index is 11.6. The zero-order chi connectivity index (χ0) is 10.8. The van der Waals surface area contributed by atoms with E-state index in [1.54, 1.807) is 6.92 Å². The average Bonchev–Trinajstić information content (AvgIpc) is 2.47. The van der Waals surface area contributed by atoms with Crippen LogP contribution >= 0.6 is 0 Å². The van der Waals surface area contributed by atoms with Gasteiger partial charge in [0.25, 0.3) is 10.0 Å². The van der Waals surface area contributed by atoms with Crippen molar-refractivity contribution in [2.45, 2.75) is 11.9 Å². The van der Waals surface area contributed by atoms with Crippen LogP contribution in [0, 0.1) is 0 Å². The van der Waals surface area contributed by atoms with Gasteiger partial charge in [-0.2, -0.15) is 5.10 Å². The molecule has 0 bridgehead atoms. The lowest BCUT2D eigenvalue weighted by Crippen LogP contribution is -2.26. The topological polar surface area (TPSA) is 81.1 Å². The SMILES string of the molecule is CCNS(=O)(=O)c1c(C=O)cnn1C. The number of sulfonamides is 1.